The van der Waals surface area contributed by atoms with Gasteiger partial charge in [0.05, 0.1) is 0 Å². The van der Waals surface area contributed by atoms with E-state index in [1.807, 2.05) is 0 Å². The van der Waals surface area contributed by atoms with E-state index in [1.54, 1.807) is 0 Å². The predicted octanol–water partition coefficient (Wildman–Crippen LogP) is -0.0945. The van der Waals surface area contributed by atoms with Crippen molar-refractivity contribution < 1.29 is 25.2 Å². The molecule has 2 nitrogen and oxygen atoms in total. The van der Waals surface area contributed by atoms with Gasteiger partial charge in [-0.1, -0.05) is 0 Å². The molecule has 0 aromatic carbocycles. The van der Waals surface area contributed by atoms with Crippen molar-refractivity contribution in [1.82, 2.24) is 0 Å². The SMILES string of the molecule is [CH3][Ti](=[O])[OH]. The first-order chi connectivity index (χ1) is 1.73. The van der Waals surface area contributed by atoms with Crippen LogP contribution in [0.4, 0.5) is 0 Å². The summed E-state index contributed by atoms with van der Waals surface area (Å²) >= 11 is -2.58. The van der Waals surface area contributed by atoms with Crippen LogP contribution in [0.15, 0.2) is 0 Å². The fourth-order valence-corrected chi connectivity index (χ4v) is 0. The van der Waals surface area contributed by atoms with Gasteiger partial charge in [-0.15, -0.1) is 0 Å². The molecule has 0 heterocycles. The summed E-state index contributed by atoms with van der Waals surface area (Å²) < 4.78 is 16.9. The molecular formula is CH4O2Ti. The molecule has 0 saturated carbocycles. The third kappa shape index (κ3) is 23.9. The molecule has 0 rings (SSSR count). The summed E-state index contributed by atoms with van der Waals surface area (Å²) in [6.45, 7) is 0. The summed E-state index contributed by atoms with van der Waals surface area (Å²) in [7, 11) is 0. The Bertz CT molecular complexity index is 29.0. The van der Waals surface area contributed by atoms with Gasteiger partial charge >= 0.3 is 30.5 Å². The van der Waals surface area contributed by atoms with E-state index < -0.39 is 18.2 Å². The van der Waals surface area contributed by atoms with Crippen molar-refractivity contribution in [3.8, 4) is 0 Å². The van der Waals surface area contributed by atoms with Gasteiger partial charge in [0.2, 0.25) is 0 Å². The molecule has 0 amide bonds. The summed E-state index contributed by atoms with van der Waals surface area (Å²) in [4.78, 5) is 0. The van der Waals surface area contributed by atoms with Gasteiger partial charge in [-0.05, 0) is 0 Å². The molecule has 1 N–H and O–H groups in total. The second kappa shape index (κ2) is 1.76. The van der Waals surface area contributed by atoms with Crippen molar-refractivity contribution in [2.24, 2.45) is 0 Å². The van der Waals surface area contributed by atoms with Crippen LogP contribution in [-0.4, -0.2) is 3.69 Å². The summed E-state index contributed by atoms with van der Waals surface area (Å²) in [5.41, 5.74) is 0. The first-order valence-electron chi connectivity index (χ1n) is 0.928. The summed E-state index contributed by atoms with van der Waals surface area (Å²) in [5.74, 6) is 0. The molecule has 0 aliphatic rings. The summed E-state index contributed by atoms with van der Waals surface area (Å²) in [5, 5.41) is 1.33. The van der Waals surface area contributed by atoms with Crippen LogP contribution in [0.25, 0.3) is 0 Å². The van der Waals surface area contributed by atoms with E-state index in [4.69, 9.17) is 3.69 Å². The molecule has 0 aromatic heterocycles. The molecule has 0 fully saturated rings. The third-order valence-electron chi connectivity index (χ3n) is 0. The molecule has 0 spiro atoms. The van der Waals surface area contributed by atoms with Crippen LogP contribution in [0.5, 0.6) is 0 Å². The van der Waals surface area contributed by atoms with E-state index in [9.17, 15) is 3.32 Å². The van der Waals surface area contributed by atoms with E-state index >= 15 is 0 Å². The van der Waals surface area contributed by atoms with Crippen LogP contribution in [0.3, 0.4) is 0 Å². The average molecular weight is 95.9 g/mol. The molecule has 3 heteroatoms. The Hall–Kier alpha value is 0.474. The van der Waals surface area contributed by atoms with Crippen molar-refractivity contribution in [2.75, 3.05) is 0 Å². The van der Waals surface area contributed by atoms with Gasteiger partial charge in [-0.2, -0.15) is 0 Å². The van der Waals surface area contributed by atoms with Crippen LogP contribution in [0.2, 0.25) is 5.23 Å². The molecule has 24 valence electrons. The quantitative estimate of drug-likeness (QED) is 0.427. The zero-order valence-electron chi connectivity index (χ0n) is 2.36. The van der Waals surface area contributed by atoms with Gasteiger partial charge in [0.1, 0.15) is 0 Å². The number of hydrogen-bond donors (Lipinski definition) is 1. The van der Waals surface area contributed by atoms with Crippen molar-refractivity contribution in [3.63, 3.8) is 0 Å². The van der Waals surface area contributed by atoms with Crippen LogP contribution < -0.4 is 0 Å². The topological polar surface area (TPSA) is 37.3 Å². The third-order valence-corrected chi connectivity index (χ3v) is 0. The molecule has 0 bridgehead atoms. The predicted molar refractivity (Wildman–Crippen MR) is 8.77 cm³/mol. The van der Waals surface area contributed by atoms with Crippen LogP contribution in [0.1, 0.15) is 0 Å². The van der Waals surface area contributed by atoms with Gasteiger partial charge < -0.3 is 0 Å². The molecule has 0 radical (unpaired) electrons. The van der Waals surface area contributed by atoms with E-state index in [0.717, 1.165) is 0 Å². The fraction of sp³-hybridized carbons (Fsp3) is 1.00. The van der Waals surface area contributed by atoms with Gasteiger partial charge in [0, 0.05) is 0 Å². The standard InChI is InChI=1S/CH3.H2O.O.Ti/h1H3;1H2;;/q;;;+1/p-1. The van der Waals surface area contributed by atoms with Crippen molar-refractivity contribution in [1.29, 1.82) is 0 Å². The van der Waals surface area contributed by atoms with Gasteiger partial charge in [-0.25, -0.2) is 0 Å². The molecule has 0 aliphatic heterocycles. The summed E-state index contributed by atoms with van der Waals surface area (Å²) in [6.07, 6.45) is 0. The summed E-state index contributed by atoms with van der Waals surface area (Å²) in [6, 6.07) is 0. The molecule has 0 aromatic rings. The molecule has 0 unspecified atom stereocenters. The maximum absolute atomic E-state index is 9.25. The minimum atomic E-state index is -2.58. The zero-order chi connectivity index (χ0) is 3.58. The van der Waals surface area contributed by atoms with E-state index in [2.05, 4.69) is 0 Å². The monoisotopic (exact) mass is 96.0 g/mol. The molecular weight excluding hydrogens is 91.9 g/mol. The van der Waals surface area contributed by atoms with E-state index in [0.29, 0.717) is 0 Å². The van der Waals surface area contributed by atoms with Crippen LogP contribution in [0, 0.1) is 0 Å². The zero-order valence-corrected chi connectivity index (χ0v) is 3.92. The Morgan fingerprint density at radius 3 is 2.00 bits per heavy atom. The Labute approximate surface area is 31.1 Å². The van der Waals surface area contributed by atoms with E-state index in [1.165, 1.54) is 5.23 Å². The molecule has 0 aliphatic carbocycles. The van der Waals surface area contributed by atoms with Crippen LogP contribution in [-0.2, 0) is 21.6 Å². The Morgan fingerprint density at radius 2 is 2.00 bits per heavy atom. The molecule has 4 heavy (non-hydrogen) atoms. The van der Waals surface area contributed by atoms with Gasteiger partial charge in [0.25, 0.3) is 0 Å². The Balaban J connectivity index is 2.80. The minimum absolute atomic E-state index is 1.33. The first kappa shape index (κ1) is 4.47. The van der Waals surface area contributed by atoms with Crippen molar-refractivity contribution in [2.45, 2.75) is 5.23 Å². The number of hydrogen-bond acceptors (Lipinski definition) is 1. The second-order valence-corrected chi connectivity index (χ2v) is 2.14. The van der Waals surface area contributed by atoms with Crippen molar-refractivity contribution in [3.05, 3.63) is 0 Å². The molecule has 0 saturated heterocycles. The van der Waals surface area contributed by atoms with Crippen LogP contribution >= 0.6 is 0 Å². The maximum atomic E-state index is 9.25. The Kier molecular flexibility index (Phi) is 1.97. The first-order valence-corrected chi connectivity index (χ1v) is 3.83. The van der Waals surface area contributed by atoms with Gasteiger partial charge in [0.15, 0.2) is 0 Å². The normalized spacial score (nSPS) is 6.50. The Morgan fingerprint density at radius 1 is 2.00 bits per heavy atom. The fourth-order valence-electron chi connectivity index (χ4n) is 0. The average Bonchev–Trinajstić information content (AvgIpc) is 0.811. The second-order valence-electron chi connectivity index (χ2n) is 0.519. The number of rotatable bonds is 0. The van der Waals surface area contributed by atoms with Crippen molar-refractivity contribution >= 4 is 0 Å². The van der Waals surface area contributed by atoms with E-state index in [-0.39, 0.29) is 0 Å². The van der Waals surface area contributed by atoms with Gasteiger partial charge in [-0.3, -0.25) is 0 Å². The molecule has 0 atom stereocenters.